The lowest BCUT2D eigenvalue weighted by Gasteiger charge is -2.27. The molecular weight excluding hydrogens is 348 g/mol. The molecule has 5 heteroatoms. The van der Waals surface area contributed by atoms with Crippen LogP contribution in [0.3, 0.4) is 0 Å². The van der Waals surface area contributed by atoms with Gasteiger partial charge in [0.15, 0.2) is 0 Å². The molecule has 2 fully saturated rings. The Labute approximate surface area is 168 Å². The summed E-state index contributed by atoms with van der Waals surface area (Å²) in [7, 11) is 3.86. The Morgan fingerprint density at radius 3 is 2.71 bits per heavy atom. The number of hydrogen-bond donors (Lipinski definition) is 1. The van der Waals surface area contributed by atoms with Crippen LogP contribution in [0.25, 0.3) is 0 Å². The molecule has 0 unspecified atom stereocenters. The lowest BCUT2D eigenvalue weighted by molar-refractivity contribution is -0.127. The van der Waals surface area contributed by atoms with Crippen molar-refractivity contribution in [2.24, 2.45) is 18.9 Å². The Morgan fingerprint density at radius 1 is 1.14 bits per heavy atom. The second-order valence-electron chi connectivity index (χ2n) is 8.59. The van der Waals surface area contributed by atoms with E-state index in [0.717, 1.165) is 24.4 Å². The molecule has 28 heavy (non-hydrogen) atoms. The maximum absolute atomic E-state index is 12.4. The van der Waals surface area contributed by atoms with E-state index in [1.54, 1.807) is 0 Å². The zero-order chi connectivity index (χ0) is 19.5. The van der Waals surface area contributed by atoms with Crippen molar-refractivity contribution in [1.29, 1.82) is 0 Å². The standard InChI is InChI=1S/C23H32N4O/c1-26-16-20(15-25-26)23-19(13-22(28)27(23)2)14-24-21-10-6-9-18(21)12-11-17-7-4-3-5-8-17/h3-5,7-8,15-16,18-19,21,23-24H,6,9-14H2,1-2H3/t18-,19-,21-,23+/m0/s1. The topological polar surface area (TPSA) is 50.2 Å². The molecule has 2 heterocycles. The smallest absolute Gasteiger partial charge is 0.223 e. The lowest BCUT2D eigenvalue weighted by Crippen LogP contribution is -2.37. The van der Waals surface area contributed by atoms with Crippen LogP contribution in [0.2, 0.25) is 0 Å². The van der Waals surface area contributed by atoms with Gasteiger partial charge in [0, 0.05) is 50.8 Å². The molecule has 0 radical (unpaired) electrons. The second kappa shape index (κ2) is 8.48. The van der Waals surface area contributed by atoms with Gasteiger partial charge in [-0.05, 0) is 37.2 Å². The van der Waals surface area contributed by atoms with Crippen LogP contribution in [0.1, 0.15) is 49.3 Å². The van der Waals surface area contributed by atoms with Crippen molar-refractivity contribution < 1.29 is 4.79 Å². The monoisotopic (exact) mass is 380 g/mol. The van der Waals surface area contributed by atoms with Crippen molar-refractivity contribution in [2.45, 2.75) is 50.6 Å². The number of likely N-dealkylation sites (tertiary alicyclic amines) is 1. The van der Waals surface area contributed by atoms with Crippen molar-refractivity contribution in [2.75, 3.05) is 13.6 Å². The SMILES string of the molecule is CN1C(=O)C[C@@H](CN[C@H]2CCC[C@H]2CCc2ccccc2)[C@@H]1c1cnn(C)c1. The molecule has 150 valence electrons. The minimum absolute atomic E-state index is 0.137. The van der Waals surface area contributed by atoms with E-state index >= 15 is 0 Å². The molecule has 1 amide bonds. The first kappa shape index (κ1) is 19.2. The van der Waals surface area contributed by atoms with E-state index in [9.17, 15) is 4.79 Å². The van der Waals surface area contributed by atoms with E-state index in [-0.39, 0.29) is 11.9 Å². The quantitative estimate of drug-likeness (QED) is 0.802. The van der Waals surface area contributed by atoms with Crippen LogP contribution in [0.15, 0.2) is 42.7 Å². The average molecular weight is 381 g/mol. The number of aryl methyl sites for hydroxylation is 2. The average Bonchev–Trinajstić information content (AvgIpc) is 3.39. The molecule has 1 aliphatic carbocycles. The zero-order valence-electron chi connectivity index (χ0n) is 17.1. The third kappa shape index (κ3) is 4.14. The summed E-state index contributed by atoms with van der Waals surface area (Å²) in [5.74, 6) is 1.30. The van der Waals surface area contributed by atoms with Crippen LogP contribution >= 0.6 is 0 Å². The number of carbonyl (C=O) groups is 1. The highest BCUT2D eigenvalue weighted by Gasteiger charge is 2.39. The molecule has 1 aliphatic heterocycles. The minimum atomic E-state index is 0.137. The Morgan fingerprint density at radius 2 is 1.96 bits per heavy atom. The van der Waals surface area contributed by atoms with Gasteiger partial charge in [-0.3, -0.25) is 9.48 Å². The normalized spacial score (nSPS) is 27.6. The predicted octanol–water partition coefficient (Wildman–Crippen LogP) is 3.33. The number of amides is 1. The molecule has 4 rings (SSSR count). The van der Waals surface area contributed by atoms with Gasteiger partial charge in [-0.1, -0.05) is 36.8 Å². The van der Waals surface area contributed by atoms with Gasteiger partial charge in [0.25, 0.3) is 0 Å². The number of carbonyl (C=O) groups excluding carboxylic acids is 1. The molecule has 2 aliphatic rings. The molecule has 1 aromatic heterocycles. The number of hydrogen-bond acceptors (Lipinski definition) is 3. The summed E-state index contributed by atoms with van der Waals surface area (Å²) in [6.45, 7) is 0.905. The van der Waals surface area contributed by atoms with Crippen LogP contribution < -0.4 is 5.32 Å². The Balaban J connectivity index is 1.35. The van der Waals surface area contributed by atoms with E-state index in [1.165, 1.54) is 31.2 Å². The number of benzene rings is 1. The largest absolute Gasteiger partial charge is 0.338 e. The fraction of sp³-hybridized carbons (Fsp3) is 0.565. The van der Waals surface area contributed by atoms with Crippen LogP contribution in [0.5, 0.6) is 0 Å². The number of nitrogens with one attached hydrogen (secondary N) is 1. The van der Waals surface area contributed by atoms with E-state index in [2.05, 4.69) is 40.7 Å². The van der Waals surface area contributed by atoms with Crippen molar-refractivity contribution in [3.8, 4) is 0 Å². The molecule has 1 saturated carbocycles. The van der Waals surface area contributed by atoms with Crippen molar-refractivity contribution in [1.82, 2.24) is 20.0 Å². The van der Waals surface area contributed by atoms with Gasteiger partial charge in [0.05, 0.1) is 12.2 Å². The van der Waals surface area contributed by atoms with Gasteiger partial charge >= 0.3 is 0 Å². The van der Waals surface area contributed by atoms with Crippen LogP contribution in [-0.2, 0) is 18.3 Å². The maximum Gasteiger partial charge on any atom is 0.223 e. The summed E-state index contributed by atoms with van der Waals surface area (Å²) in [5, 5.41) is 8.17. The van der Waals surface area contributed by atoms with Gasteiger partial charge < -0.3 is 10.2 Å². The Kier molecular flexibility index (Phi) is 5.81. The van der Waals surface area contributed by atoms with Crippen LogP contribution in [-0.4, -0.2) is 40.2 Å². The van der Waals surface area contributed by atoms with Crippen LogP contribution in [0, 0.1) is 11.8 Å². The fourth-order valence-electron chi connectivity index (χ4n) is 5.17. The first-order chi connectivity index (χ1) is 13.6. The third-order valence-electron chi connectivity index (χ3n) is 6.71. The maximum atomic E-state index is 12.4. The first-order valence-electron chi connectivity index (χ1n) is 10.6. The highest BCUT2D eigenvalue weighted by atomic mass is 16.2. The third-order valence-corrected chi connectivity index (χ3v) is 6.71. The number of rotatable bonds is 7. The summed E-state index contributed by atoms with van der Waals surface area (Å²) in [6.07, 6.45) is 10.9. The van der Waals surface area contributed by atoms with Gasteiger partial charge in [0.1, 0.15) is 0 Å². The van der Waals surface area contributed by atoms with E-state index in [1.807, 2.05) is 36.1 Å². The Bertz CT molecular complexity index is 787. The van der Waals surface area contributed by atoms with Gasteiger partial charge in [0.2, 0.25) is 5.91 Å². The first-order valence-corrected chi connectivity index (χ1v) is 10.6. The van der Waals surface area contributed by atoms with Crippen LogP contribution in [0.4, 0.5) is 0 Å². The van der Waals surface area contributed by atoms with E-state index in [0.29, 0.717) is 18.4 Å². The molecule has 4 atom stereocenters. The summed E-state index contributed by atoms with van der Waals surface area (Å²) in [5.41, 5.74) is 2.59. The highest BCUT2D eigenvalue weighted by molar-refractivity contribution is 5.79. The van der Waals surface area contributed by atoms with Gasteiger partial charge in [-0.15, -0.1) is 0 Å². The summed E-state index contributed by atoms with van der Waals surface area (Å²) in [4.78, 5) is 14.3. The molecule has 5 nitrogen and oxygen atoms in total. The summed E-state index contributed by atoms with van der Waals surface area (Å²) in [6, 6.07) is 11.5. The molecule has 1 aromatic carbocycles. The van der Waals surface area contributed by atoms with Gasteiger partial charge in [-0.2, -0.15) is 5.10 Å². The zero-order valence-corrected chi connectivity index (χ0v) is 17.1. The second-order valence-corrected chi connectivity index (χ2v) is 8.59. The van der Waals surface area contributed by atoms with Crippen molar-refractivity contribution in [3.05, 3.63) is 53.9 Å². The fourth-order valence-corrected chi connectivity index (χ4v) is 5.17. The molecule has 0 spiro atoms. The lowest BCUT2D eigenvalue weighted by atomic mass is 9.92. The van der Waals surface area contributed by atoms with Crippen molar-refractivity contribution >= 4 is 5.91 Å². The molecule has 2 aromatic rings. The molecule has 1 N–H and O–H groups in total. The van der Waals surface area contributed by atoms with E-state index < -0.39 is 0 Å². The van der Waals surface area contributed by atoms with Gasteiger partial charge in [-0.25, -0.2) is 0 Å². The number of nitrogens with zero attached hydrogens (tertiary/aromatic N) is 3. The summed E-state index contributed by atoms with van der Waals surface area (Å²) < 4.78 is 1.83. The predicted molar refractivity (Wildman–Crippen MR) is 111 cm³/mol. The van der Waals surface area contributed by atoms with E-state index in [4.69, 9.17) is 0 Å². The summed E-state index contributed by atoms with van der Waals surface area (Å²) >= 11 is 0. The molecular formula is C23H32N4O. The Hall–Kier alpha value is -2.14. The minimum Gasteiger partial charge on any atom is -0.338 e. The molecule has 0 bridgehead atoms. The number of aromatic nitrogens is 2. The highest BCUT2D eigenvalue weighted by Crippen LogP contribution is 2.37. The molecule has 1 saturated heterocycles. The van der Waals surface area contributed by atoms with Crippen molar-refractivity contribution in [3.63, 3.8) is 0 Å².